The van der Waals surface area contributed by atoms with Crippen LogP contribution < -0.4 is 10.1 Å². The van der Waals surface area contributed by atoms with E-state index in [1.807, 2.05) is 0 Å². The molecule has 0 spiro atoms. The summed E-state index contributed by atoms with van der Waals surface area (Å²) in [5.41, 5.74) is 1.90. The topological polar surface area (TPSA) is 90.9 Å². The molecule has 0 saturated heterocycles. The van der Waals surface area contributed by atoms with Crippen molar-refractivity contribution < 1.29 is 28.6 Å². The van der Waals surface area contributed by atoms with Gasteiger partial charge >= 0.3 is 11.9 Å². The van der Waals surface area contributed by atoms with Gasteiger partial charge in [0.1, 0.15) is 5.75 Å². The second-order valence-electron chi connectivity index (χ2n) is 7.00. The number of ether oxygens (including phenoxy) is 3. The lowest BCUT2D eigenvalue weighted by atomic mass is 9.98. The molecule has 1 amide bonds. The molecule has 1 aliphatic heterocycles. The lowest BCUT2D eigenvalue weighted by molar-refractivity contribution is -0.125. The molecule has 162 valence electrons. The highest BCUT2D eigenvalue weighted by atomic mass is 35.5. The van der Waals surface area contributed by atoms with Crippen LogP contribution in [-0.2, 0) is 20.7 Å². The maximum Gasteiger partial charge on any atom is 0.339 e. The van der Waals surface area contributed by atoms with Crippen LogP contribution in [0.2, 0.25) is 5.02 Å². The first kappa shape index (κ1) is 21.4. The lowest BCUT2D eigenvalue weighted by Gasteiger charge is -2.24. The second-order valence-corrected chi connectivity index (χ2v) is 7.44. The average molecular weight is 452 g/mol. The molecular formula is C24H18ClNO6. The molecule has 7 nitrogen and oxygen atoms in total. The molecule has 32 heavy (non-hydrogen) atoms. The van der Waals surface area contributed by atoms with E-state index < -0.39 is 23.9 Å². The normalized spacial score (nSPS) is 14.7. The number of fused-ring (bicyclic) bond motifs is 1. The number of carbonyl (C=O) groups excluding carboxylic acids is 3. The zero-order valence-corrected chi connectivity index (χ0v) is 17.7. The number of amides is 1. The number of hydrogen-bond acceptors (Lipinski definition) is 6. The zero-order chi connectivity index (χ0) is 22.7. The third-order valence-corrected chi connectivity index (χ3v) is 5.12. The van der Waals surface area contributed by atoms with Gasteiger partial charge in [-0.2, -0.15) is 0 Å². The third-order valence-electron chi connectivity index (χ3n) is 4.89. The summed E-state index contributed by atoms with van der Waals surface area (Å²) in [7, 11) is 1.30. The van der Waals surface area contributed by atoms with Gasteiger partial charge in [-0.1, -0.05) is 29.8 Å². The molecule has 0 aromatic heterocycles. The van der Waals surface area contributed by atoms with Crippen molar-refractivity contribution in [3.63, 3.8) is 0 Å². The van der Waals surface area contributed by atoms with Gasteiger partial charge in [-0.05, 0) is 54.1 Å². The zero-order valence-electron chi connectivity index (χ0n) is 17.0. The molecule has 4 rings (SSSR count). The minimum Gasteiger partial charge on any atom is -0.465 e. The molecule has 1 atom stereocenters. The van der Waals surface area contributed by atoms with Crippen LogP contribution in [0.15, 0.2) is 66.7 Å². The van der Waals surface area contributed by atoms with E-state index in [1.54, 1.807) is 60.7 Å². The first-order valence-corrected chi connectivity index (χ1v) is 10.1. The van der Waals surface area contributed by atoms with Crippen molar-refractivity contribution in [2.45, 2.75) is 12.5 Å². The SMILES string of the molecule is COC(=O)c1ccc(Oc2ccc(Cl)cc2NC(=O)C2Cc3ccccc3C(=O)O2)cc1. The van der Waals surface area contributed by atoms with Gasteiger partial charge < -0.3 is 19.5 Å². The third kappa shape index (κ3) is 4.58. The van der Waals surface area contributed by atoms with Crippen LogP contribution >= 0.6 is 11.6 Å². The number of cyclic esters (lactones) is 1. The predicted octanol–water partition coefficient (Wildman–Crippen LogP) is 4.64. The quantitative estimate of drug-likeness (QED) is 0.568. The Morgan fingerprint density at radius 1 is 1.06 bits per heavy atom. The standard InChI is InChI=1S/C24H18ClNO6/c1-30-23(28)14-6-9-17(10-7-14)31-20-11-8-16(25)13-19(20)26-22(27)21-12-15-4-2-3-5-18(15)24(29)32-21/h2-11,13,21H,12H2,1H3,(H,26,27). The Morgan fingerprint density at radius 3 is 2.56 bits per heavy atom. The molecule has 1 unspecified atom stereocenters. The lowest BCUT2D eigenvalue weighted by Crippen LogP contribution is -2.38. The molecular weight excluding hydrogens is 434 g/mol. The van der Waals surface area contributed by atoms with E-state index in [0.717, 1.165) is 5.56 Å². The van der Waals surface area contributed by atoms with Crippen LogP contribution in [0.4, 0.5) is 5.69 Å². The maximum absolute atomic E-state index is 12.9. The number of anilines is 1. The molecule has 0 saturated carbocycles. The average Bonchev–Trinajstić information content (AvgIpc) is 2.80. The molecule has 0 bridgehead atoms. The van der Waals surface area contributed by atoms with Crippen molar-refractivity contribution >= 4 is 35.1 Å². The molecule has 1 N–H and O–H groups in total. The Labute approximate surface area is 188 Å². The van der Waals surface area contributed by atoms with Crippen LogP contribution in [0.1, 0.15) is 26.3 Å². The molecule has 3 aromatic rings. The van der Waals surface area contributed by atoms with E-state index in [9.17, 15) is 14.4 Å². The van der Waals surface area contributed by atoms with Crippen LogP contribution in [0.25, 0.3) is 0 Å². The first-order chi connectivity index (χ1) is 15.4. The molecule has 0 fully saturated rings. The number of carbonyl (C=O) groups is 3. The van der Waals surface area contributed by atoms with Gasteiger partial charge in [0.25, 0.3) is 5.91 Å². The van der Waals surface area contributed by atoms with Gasteiger partial charge in [0.15, 0.2) is 11.9 Å². The molecule has 1 aliphatic rings. The predicted molar refractivity (Wildman–Crippen MR) is 117 cm³/mol. The fourth-order valence-corrected chi connectivity index (χ4v) is 3.46. The minimum absolute atomic E-state index is 0.263. The highest BCUT2D eigenvalue weighted by molar-refractivity contribution is 6.31. The van der Waals surface area contributed by atoms with Crippen LogP contribution in [0.5, 0.6) is 11.5 Å². The van der Waals surface area contributed by atoms with Gasteiger partial charge in [0.05, 0.1) is 23.9 Å². The smallest absolute Gasteiger partial charge is 0.339 e. The van der Waals surface area contributed by atoms with Crippen LogP contribution in [0.3, 0.4) is 0 Å². The van der Waals surface area contributed by atoms with Crippen molar-refractivity contribution in [3.05, 3.63) is 88.4 Å². The molecule has 0 radical (unpaired) electrons. The van der Waals surface area contributed by atoms with E-state index in [-0.39, 0.29) is 6.42 Å². The van der Waals surface area contributed by atoms with Crippen LogP contribution in [-0.4, -0.2) is 31.1 Å². The van der Waals surface area contributed by atoms with Crippen molar-refractivity contribution in [2.75, 3.05) is 12.4 Å². The number of benzene rings is 3. The second kappa shape index (κ2) is 9.11. The number of nitrogens with one attached hydrogen (secondary N) is 1. The summed E-state index contributed by atoms with van der Waals surface area (Å²) in [6.45, 7) is 0. The minimum atomic E-state index is -0.983. The van der Waals surface area contributed by atoms with E-state index in [0.29, 0.717) is 33.3 Å². The number of rotatable bonds is 5. The summed E-state index contributed by atoms with van der Waals surface area (Å²) in [6, 6.07) is 18.1. The van der Waals surface area contributed by atoms with Crippen molar-refractivity contribution in [3.8, 4) is 11.5 Å². The summed E-state index contributed by atoms with van der Waals surface area (Å²) < 4.78 is 15.9. The van der Waals surface area contributed by atoms with Gasteiger partial charge in [0, 0.05) is 11.4 Å². The Bertz CT molecular complexity index is 1190. The Hall–Kier alpha value is -3.84. The van der Waals surface area contributed by atoms with Crippen molar-refractivity contribution in [2.24, 2.45) is 0 Å². The molecule has 3 aromatic carbocycles. The highest BCUT2D eigenvalue weighted by Gasteiger charge is 2.31. The Morgan fingerprint density at radius 2 is 1.81 bits per heavy atom. The number of esters is 2. The van der Waals surface area contributed by atoms with Gasteiger partial charge in [-0.25, -0.2) is 9.59 Å². The van der Waals surface area contributed by atoms with Gasteiger partial charge in [-0.15, -0.1) is 0 Å². The van der Waals surface area contributed by atoms with Crippen LogP contribution in [0, 0.1) is 0 Å². The Balaban J connectivity index is 1.52. The first-order valence-electron chi connectivity index (χ1n) is 9.70. The van der Waals surface area contributed by atoms with Crippen molar-refractivity contribution in [1.29, 1.82) is 0 Å². The number of halogens is 1. The summed E-state index contributed by atoms with van der Waals surface area (Å²) in [4.78, 5) is 36.7. The van der Waals surface area contributed by atoms with Gasteiger partial charge in [0.2, 0.25) is 0 Å². The summed E-state index contributed by atoms with van der Waals surface area (Å²) in [5, 5.41) is 3.12. The number of hydrogen-bond donors (Lipinski definition) is 1. The maximum atomic E-state index is 12.9. The fourth-order valence-electron chi connectivity index (χ4n) is 3.28. The van der Waals surface area contributed by atoms with E-state index >= 15 is 0 Å². The molecule has 0 aliphatic carbocycles. The summed E-state index contributed by atoms with van der Waals surface area (Å²) in [6.07, 6.45) is -0.719. The molecule has 1 heterocycles. The van der Waals surface area contributed by atoms with E-state index in [4.69, 9.17) is 21.1 Å². The monoisotopic (exact) mass is 451 g/mol. The molecule has 8 heteroatoms. The van der Waals surface area contributed by atoms with Crippen molar-refractivity contribution in [1.82, 2.24) is 0 Å². The summed E-state index contributed by atoms with van der Waals surface area (Å²) in [5.74, 6) is -0.731. The van der Waals surface area contributed by atoms with E-state index in [1.165, 1.54) is 13.2 Å². The Kier molecular flexibility index (Phi) is 6.09. The number of methoxy groups -OCH3 is 1. The van der Waals surface area contributed by atoms with Gasteiger partial charge in [-0.3, -0.25) is 4.79 Å². The largest absolute Gasteiger partial charge is 0.465 e. The fraction of sp³-hybridized carbons (Fsp3) is 0.125. The highest BCUT2D eigenvalue weighted by Crippen LogP contribution is 2.33. The summed E-state index contributed by atoms with van der Waals surface area (Å²) >= 11 is 6.11. The van der Waals surface area contributed by atoms with E-state index in [2.05, 4.69) is 10.1 Å².